The normalized spacial score (nSPS) is 15.5. The second-order valence-electron chi connectivity index (χ2n) is 9.71. The summed E-state index contributed by atoms with van der Waals surface area (Å²) in [5.74, 6) is -1.20. The number of benzene rings is 2. The average molecular weight is 726 g/mol. The third-order valence-electron chi connectivity index (χ3n) is 6.95. The Morgan fingerprint density at radius 1 is 1.14 bits per heavy atom. The Bertz CT molecular complexity index is 1940. The summed E-state index contributed by atoms with van der Waals surface area (Å²) in [5.41, 5.74) is 2.17. The number of esters is 1. The molecule has 4 aromatic rings. The van der Waals surface area contributed by atoms with Gasteiger partial charge in [0.15, 0.2) is 10.5 Å². The molecule has 0 bridgehead atoms. The van der Waals surface area contributed by atoms with Gasteiger partial charge in [0.2, 0.25) is 0 Å². The quantitative estimate of drug-likeness (QED) is 0.179. The first-order chi connectivity index (χ1) is 19.8. The zero-order valence-electron chi connectivity index (χ0n) is 22.8. The fraction of sp³-hybridized carbons (Fsp3) is 0.233. The molecule has 1 atom stereocenters. The van der Waals surface area contributed by atoms with E-state index >= 15 is 0 Å². The lowest BCUT2D eigenvalue weighted by atomic mass is 9.95. The molecule has 5 rings (SSSR count). The van der Waals surface area contributed by atoms with Crippen LogP contribution < -0.4 is 14.9 Å². The van der Waals surface area contributed by atoms with Gasteiger partial charge in [-0.15, -0.1) is 0 Å². The van der Waals surface area contributed by atoms with Gasteiger partial charge in [-0.25, -0.2) is 9.79 Å². The number of carbonyl (C=O) groups excluding carboxylic acids is 1. The molecule has 0 aliphatic carbocycles. The van der Waals surface area contributed by atoms with Crippen LogP contribution in [-0.2, 0) is 9.53 Å². The molecule has 3 heterocycles. The number of alkyl halides is 3. The number of hydrogen-bond donors (Lipinski definition) is 0. The summed E-state index contributed by atoms with van der Waals surface area (Å²) in [6, 6.07) is 12.6. The summed E-state index contributed by atoms with van der Waals surface area (Å²) in [6.45, 7) is 7.23. The molecular formula is C30H24ClF3IN3O3S. The second kappa shape index (κ2) is 11.5. The molecule has 0 N–H and O–H groups in total. The third-order valence-corrected chi connectivity index (χ3v) is 9.35. The lowest BCUT2D eigenvalue weighted by Crippen LogP contribution is -2.41. The molecule has 2 aromatic carbocycles. The molecule has 218 valence electrons. The van der Waals surface area contributed by atoms with Crippen molar-refractivity contribution in [2.24, 2.45) is 4.99 Å². The molecule has 12 heteroatoms. The summed E-state index contributed by atoms with van der Waals surface area (Å²) in [5, 5.41) is 0.350. The molecule has 0 amide bonds. The van der Waals surface area contributed by atoms with Gasteiger partial charge < -0.3 is 9.30 Å². The number of aryl methyl sites for hydroxylation is 2. The number of rotatable bonds is 5. The first-order valence-corrected chi connectivity index (χ1v) is 15.1. The monoisotopic (exact) mass is 725 g/mol. The van der Waals surface area contributed by atoms with Crippen LogP contribution in [0, 0.1) is 24.3 Å². The van der Waals surface area contributed by atoms with Crippen molar-refractivity contribution >= 4 is 57.6 Å². The van der Waals surface area contributed by atoms with Crippen LogP contribution in [0.25, 0.3) is 11.8 Å². The summed E-state index contributed by atoms with van der Waals surface area (Å²) >= 11 is 9.15. The van der Waals surface area contributed by atoms with Crippen molar-refractivity contribution in [3.8, 4) is 5.69 Å². The predicted molar refractivity (Wildman–Crippen MR) is 165 cm³/mol. The molecule has 6 nitrogen and oxygen atoms in total. The van der Waals surface area contributed by atoms with Crippen LogP contribution in [0.1, 0.15) is 41.0 Å². The van der Waals surface area contributed by atoms with E-state index in [0.29, 0.717) is 5.02 Å². The number of aromatic nitrogens is 2. The number of thiazole rings is 1. The highest BCUT2D eigenvalue weighted by molar-refractivity contribution is 14.1. The first-order valence-electron chi connectivity index (χ1n) is 12.8. The summed E-state index contributed by atoms with van der Waals surface area (Å²) in [7, 11) is 0. The molecular weight excluding hydrogens is 702 g/mol. The van der Waals surface area contributed by atoms with Crippen LogP contribution >= 0.6 is 45.5 Å². The maximum atomic E-state index is 14.3. The van der Waals surface area contributed by atoms with Crippen LogP contribution in [0.4, 0.5) is 13.2 Å². The predicted octanol–water partition coefficient (Wildman–Crippen LogP) is 6.31. The van der Waals surface area contributed by atoms with E-state index in [1.54, 1.807) is 6.08 Å². The molecule has 1 aliphatic rings. The lowest BCUT2D eigenvalue weighted by molar-refractivity contribution is -0.140. The molecule has 0 spiro atoms. The van der Waals surface area contributed by atoms with Gasteiger partial charge in [-0.3, -0.25) is 9.36 Å². The Labute approximate surface area is 261 Å². The number of carbonyl (C=O) groups is 1. The minimum atomic E-state index is -4.97. The Morgan fingerprint density at radius 2 is 1.83 bits per heavy atom. The number of fused-ring (bicyclic) bond motifs is 1. The standard InChI is InChI=1S/C30H24ClF3IN3O3S/c1-5-41-28(40)24-25(18-7-9-20(31)10-8-18)38-27(39)23(42-29(38)36-26(24)30(32,33)34)13-19-12-16(3)37(17(19)4)21-11-6-15(2)22(35)14-21/h6-14,25H,5H2,1-4H3/b23-13-/t25-/m1/s1. The van der Waals surface area contributed by atoms with Gasteiger partial charge in [0.25, 0.3) is 5.56 Å². The maximum Gasteiger partial charge on any atom is 0.434 e. The fourth-order valence-electron chi connectivity index (χ4n) is 4.99. The van der Waals surface area contributed by atoms with Gasteiger partial charge in [-0.2, -0.15) is 13.2 Å². The zero-order chi connectivity index (χ0) is 30.5. The molecule has 0 saturated carbocycles. The highest BCUT2D eigenvalue weighted by Gasteiger charge is 2.45. The molecule has 0 fully saturated rings. The van der Waals surface area contributed by atoms with E-state index in [0.717, 1.165) is 47.7 Å². The largest absolute Gasteiger partial charge is 0.463 e. The van der Waals surface area contributed by atoms with E-state index in [1.165, 1.54) is 31.2 Å². The van der Waals surface area contributed by atoms with Crippen LogP contribution in [0.15, 0.2) is 69.6 Å². The van der Waals surface area contributed by atoms with Crippen molar-refractivity contribution in [1.29, 1.82) is 0 Å². The van der Waals surface area contributed by atoms with E-state index in [9.17, 15) is 22.8 Å². The van der Waals surface area contributed by atoms with E-state index in [2.05, 4.69) is 38.2 Å². The van der Waals surface area contributed by atoms with Crippen LogP contribution in [-0.4, -0.2) is 27.9 Å². The third kappa shape index (κ3) is 5.49. The number of ether oxygens (including phenoxy) is 1. The minimum absolute atomic E-state index is 0.152. The van der Waals surface area contributed by atoms with Crippen molar-refractivity contribution in [2.75, 3.05) is 6.61 Å². The summed E-state index contributed by atoms with van der Waals surface area (Å²) in [4.78, 5) is 30.5. The molecule has 0 saturated heterocycles. The van der Waals surface area contributed by atoms with Crippen LogP contribution in [0.5, 0.6) is 0 Å². The smallest absolute Gasteiger partial charge is 0.434 e. The van der Waals surface area contributed by atoms with Gasteiger partial charge in [0, 0.05) is 25.7 Å². The zero-order valence-corrected chi connectivity index (χ0v) is 26.6. The Kier molecular flexibility index (Phi) is 8.29. The Morgan fingerprint density at radius 3 is 2.45 bits per heavy atom. The molecule has 2 aromatic heterocycles. The number of halogens is 5. The van der Waals surface area contributed by atoms with E-state index < -0.39 is 35.0 Å². The number of hydrogen-bond acceptors (Lipinski definition) is 5. The van der Waals surface area contributed by atoms with Gasteiger partial charge in [-0.1, -0.05) is 41.1 Å². The van der Waals surface area contributed by atoms with Crippen LogP contribution in [0.2, 0.25) is 5.02 Å². The van der Waals surface area contributed by atoms with Gasteiger partial charge >= 0.3 is 12.1 Å². The van der Waals surface area contributed by atoms with Crippen molar-refractivity contribution in [2.45, 2.75) is 39.9 Å². The SMILES string of the molecule is CCOC(=O)C1=C(C(F)(F)F)N=c2s/c(=C\c3cc(C)n(-c4ccc(C)c(I)c4)c3C)c(=O)n2[C@@H]1c1ccc(Cl)cc1. The lowest BCUT2D eigenvalue weighted by Gasteiger charge is -2.26. The summed E-state index contributed by atoms with van der Waals surface area (Å²) < 4.78 is 52.5. The van der Waals surface area contributed by atoms with Crippen molar-refractivity contribution < 1.29 is 22.7 Å². The van der Waals surface area contributed by atoms with Crippen molar-refractivity contribution in [1.82, 2.24) is 9.13 Å². The van der Waals surface area contributed by atoms with Crippen LogP contribution in [0.3, 0.4) is 0 Å². The van der Waals surface area contributed by atoms with E-state index in [1.807, 2.05) is 39.0 Å². The van der Waals surface area contributed by atoms with Gasteiger partial charge in [0.1, 0.15) is 0 Å². The van der Waals surface area contributed by atoms with E-state index in [-0.39, 0.29) is 21.5 Å². The molecule has 42 heavy (non-hydrogen) atoms. The van der Waals surface area contributed by atoms with Gasteiger partial charge in [0.05, 0.1) is 22.8 Å². The maximum absolute atomic E-state index is 14.3. The van der Waals surface area contributed by atoms with E-state index in [4.69, 9.17) is 16.3 Å². The van der Waals surface area contributed by atoms with Gasteiger partial charge in [-0.05, 0) is 103 Å². The van der Waals surface area contributed by atoms with Crippen molar-refractivity contribution in [3.05, 3.63) is 116 Å². The fourth-order valence-corrected chi connectivity index (χ4v) is 6.61. The molecule has 0 unspecified atom stereocenters. The number of nitrogens with zero attached hydrogens (tertiary/aromatic N) is 3. The average Bonchev–Trinajstić information content (AvgIpc) is 3.39. The number of allylic oxidation sites excluding steroid dienone is 1. The highest BCUT2D eigenvalue weighted by Crippen LogP contribution is 2.38. The van der Waals surface area contributed by atoms with Crippen molar-refractivity contribution in [3.63, 3.8) is 0 Å². The summed E-state index contributed by atoms with van der Waals surface area (Å²) in [6.07, 6.45) is -3.32. The topological polar surface area (TPSA) is 65.6 Å². The molecule has 1 aliphatic heterocycles. The molecule has 0 radical (unpaired) electrons. The first kappa shape index (κ1) is 30.3. The Hall–Kier alpha value is -3.16. The highest BCUT2D eigenvalue weighted by atomic mass is 127. The second-order valence-corrected chi connectivity index (χ2v) is 12.3. The minimum Gasteiger partial charge on any atom is -0.463 e. The Balaban J connectivity index is 1.75.